The van der Waals surface area contributed by atoms with Gasteiger partial charge in [0.05, 0.1) is 6.61 Å². The highest BCUT2D eigenvalue weighted by atomic mass is 79.9. The zero-order chi connectivity index (χ0) is 25.0. The maximum absolute atomic E-state index is 13.5. The fraction of sp³-hybridized carbons (Fsp3) is 0.310. The van der Waals surface area contributed by atoms with Gasteiger partial charge in [0.2, 0.25) is 11.8 Å². The molecule has 35 heavy (non-hydrogen) atoms. The number of halogens is 1. The van der Waals surface area contributed by atoms with Crippen LogP contribution in [0.5, 0.6) is 5.75 Å². The van der Waals surface area contributed by atoms with Crippen molar-refractivity contribution in [1.82, 2.24) is 10.2 Å². The summed E-state index contributed by atoms with van der Waals surface area (Å²) in [7, 11) is 0. The van der Waals surface area contributed by atoms with Crippen LogP contribution in [0.4, 0.5) is 0 Å². The van der Waals surface area contributed by atoms with E-state index in [0.29, 0.717) is 32.4 Å². The third-order valence-electron chi connectivity index (χ3n) is 5.52. The van der Waals surface area contributed by atoms with Crippen LogP contribution in [0.25, 0.3) is 0 Å². The Hall–Kier alpha value is -3.12. The Labute approximate surface area is 216 Å². The highest BCUT2D eigenvalue weighted by molar-refractivity contribution is 9.10. The van der Waals surface area contributed by atoms with Crippen molar-refractivity contribution in [2.75, 3.05) is 6.61 Å². The molecular weight excluding hydrogens is 504 g/mol. The highest BCUT2D eigenvalue weighted by Crippen LogP contribution is 2.19. The van der Waals surface area contributed by atoms with E-state index in [0.717, 1.165) is 21.3 Å². The summed E-state index contributed by atoms with van der Waals surface area (Å²) in [6.45, 7) is 4.65. The van der Waals surface area contributed by atoms with Crippen molar-refractivity contribution < 1.29 is 14.3 Å². The summed E-state index contributed by atoms with van der Waals surface area (Å²) in [5, 5.41) is 3.02. The molecule has 0 aliphatic heterocycles. The number of ether oxygens (including phenoxy) is 1. The van der Waals surface area contributed by atoms with Crippen LogP contribution in [0.1, 0.15) is 37.8 Å². The lowest BCUT2D eigenvalue weighted by atomic mass is 10.0. The molecule has 0 radical (unpaired) electrons. The van der Waals surface area contributed by atoms with Crippen LogP contribution in [0, 0.1) is 0 Å². The first kappa shape index (κ1) is 26.5. The second kappa shape index (κ2) is 13.7. The molecule has 0 saturated heterocycles. The first-order chi connectivity index (χ1) is 16.9. The molecular formula is C29H33BrN2O3. The number of carbonyl (C=O) groups is 2. The first-order valence-electron chi connectivity index (χ1n) is 12.0. The molecule has 6 heteroatoms. The predicted octanol–water partition coefficient (Wildman–Crippen LogP) is 5.77. The van der Waals surface area contributed by atoms with Crippen molar-refractivity contribution in [1.29, 1.82) is 0 Å². The molecule has 0 aromatic heterocycles. The highest BCUT2D eigenvalue weighted by Gasteiger charge is 2.30. The van der Waals surface area contributed by atoms with E-state index >= 15 is 0 Å². The van der Waals surface area contributed by atoms with Crippen LogP contribution >= 0.6 is 15.9 Å². The molecule has 0 unspecified atom stereocenters. The Bertz CT molecular complexity index is 1060. The number of nitrogens with zero attached hydrogens (tertiary/aromatic N) is 1. The van der Waals surface area contributed by atoms with Gasteiger partial charge in [-0.1, -0.05) is 76.6 Å². The van der Waals surface area contributed by atoms with Crippen molar-refractivity contribution in [3.63, 3.8) is 0 Å². The molecule has 184 valence electrons. The monoisotopic (exact) mass is 536 g/mol. The van der Waals surface area contributed by atoms with Gasteiger partial charge in [-0.2, -0.15) is 0 Å². The number of para-hydroxylation sites is 1. The molecule has 0 heterocycles. The molecule has 0 aliphatic carbocycles. The van der Waals surface area contributed by atoms with Gasteiger partial charge in [-0.15, -0.1) is 0 Å². The number of amides is 2. The molecule has 3 rings (SSSR count). The van der Waals surface area contributed by atoms with E-state index in [9.17, 15) is 9.59 Å². The normalized spacial score (nSPS) is 11.7. The predicted molar refractivity (Wildman–Crippen MR) is 143 cm³/mol. The average molecular weight is 537 g/mol. The number of benzene rings is 3. The van der Waals surface area contributed by atoms with E-state index in [1.807, 2.05) is 98.8 Å². The zero-order valence-corrected chi connectivity index (χ0v) is 21.9. The van der Waals surface area contributed by atoms with Crippen LogP contribution in [-0.4, -0.2) is 35.4 Å². The van der Waals surface area contributed by atoms with Gasteiger partial charge in [-0.3, -0.25) is 9.59 Å². The van der Waals surface area contributed by atoms with Crippen LogP contribution in [0.15, 0.2) is 89.4 Å². The number of carbonyl (C=O) groups excluding carboxylic acids is 2. The summed E-state index contributed by atoms with van der Waals surface area (Å²) in [5.41, 5.74) is 1.98. The van der Waals surface area contributed by atoms with Gasteiger partial charge in [-0.25, -0.2) is 0 Å². The number of hydrogen-bond donors (Lipinski definition) is 1. The molecule has 0 aliphatic rings. The third-order valence-corrected chi connectivity index (χ3v) is 6.04. The van der Waals surface area contributed by atoms with E-state index < -0.39 is 6.04 Å². The molecule has 3 aromatic carbocycles. The molecule has 0 saturated carbocycles. The van der Waals surface area contributed by atoms with Gasteiger partial charge in [0, 0.05) is 29.9 Å². The second-order valence-corrected chi connectivity index (χ2v) is 9.70. The number of hydrogen-bond acceptors (Lipinski definition) is 3. The zero-order valence-electron chi connectivity index (χ0n) is 20.3. The minimum atomic E-state index is -0.619. The third kappa shape index (κ3) is 8.87. The summed E-state index contributed by atoms with van der Waals surface area (Å²) in [4.78, 5) is 28.6. The Morgan fingerprint density at radius 2 is 1.51 bits per heavy atom. The average Bonchev–Trinajstić information content (AvgIpc) is 2.86. The van der Waals surface area contributed by atoms with Crippen molar-refractivity contribution >= 4 is 27.7 Å². The first-order valence-corrected chi connectivity index (χ1v) is 12.8. The molecule has 0 fully saturated rings. The molecule has 3 aromatic rings. The lowest BCUT2D eigenvalue weighted by Gasteiger charge is -2.32. The van der Waals surface area contributed by atoms with Gasteiger partial charge in [0.25, 0.3) is 0 Å². The smallest absolute Gasteiger partial charge is 0.243 e. The van der Waals surface area contributed by atoms with Crippen LogP contribution in [0.3, 0.4) is 0 Å². The quantitative estimate of drug-likeness (QED) is 0.299. The summed E-state index contributed by atoms with van der Waals surface area (Å²) in [5.74, 6) is 0.573. The van der Waals surface area contributed by atoms with Crippen molar-refractivity contribution in [2.45, 2.75) is 51.7 Å². The Morgan fingerprint density at radius 1 is 0.886 bits per heavy atom. The minimum Gasteiger partial charge on any atom is -0.494 e. The molecule has 1 atom stereocenters. The van der Waals surface area contributed by atoms with Crippen LogP contribution < -0.4 is 10.1 Å². The Morgan fingerprint density at radius 3 is 2.14 bits per heavy atom. The topological polar surface area (TPSA) is 58.6 Å². The summed E-state index contributed by atoms with van der Waals surface area (Å²) < 4.78 is 6.74. The van der Waals surface area contributed by atoms with Crippen molar-refractivity contribution in [2.24, 2.45) is 0 Å². The lowest BCUT2D eigenvalue weighted by molar-refractivity contribution is -0.141. The van der Waals surface area contributed by atoms with Gasteiger partial charge >= 0.3 is 0 Å². The summed E-state index contributed by atoms with van der Waals surface area (Å²) in [6.07, 6.45) is 1.31. The fourth-order valence-corrected chi connectivity index (χ4v) is 4.06. The molecule has 0 spiro atoms. The number of nitrogens with one attached hydrogen (secondary N) is 1. The number of rotatable bonds is 12. The summed E-state index contributed by atoms with van der Waals surface area (Å²) in [6, 6.07) is 26.6. The SMILES string of the molecule is CC(C)NC(=O)[C@H](Cc1ccccc1)N(Cc1ccc(Br)cc1)C(=O)CCCOc1ccccc1. The van der Waals surface area contributed by atoms with E-state index in [1.54, 1.807) is 4.90 Å². The van der Waals surface area contributed by atoms with Gasteiger partial charge in [-0.05, 0) is 55.7 Å². The summed E-state index contributed by atoms with van der Waals surface area (Å²) >= 11 is 3.47. The van der Waals surface area contributed by atoms with Gasteiger partial charge < -0.3 is 15.0 Å². The van der Waals surface area contributed by atoms with Gasteiger partial charge in [0.1, 0.15) is 11.8 Å². The standard InChI is InChI=1S/C29H33BrN2O3/c1-22(2)31-29(34)27(20-23-10-5-3-6-11-23)32(21-24-15-17-25(30)18-16-24)28(33)14-9-19-35-26-12-7-4-8-13-26/h3-8,10-13,15-18,22,27H,9,14,19-21H2,1-2H3,(H,31,34)/t27-/m0/s1. The maximum Gasteiger partial charge on any atom is 0.243 e. The van der Waals surface area contributed by atoms with E-state index in [4.69, 9.17) is 4.74 Å². The molecule has 1 N–H and O–H groups in total. The van der Waals surface area contributed by atoms with Crippen molar-refractivity contribution in [3.8, 4) is 5.75 Å². The van der Waals surface area contributed by atoms with Crippen molar-refractivity contribution in [3.05, 3.63) is 101 Å². The second-order valence-electron chi connectivity index (χ2n) is 8.78. The fourth-order valence-electron chi connectivity index (χ4n) is 3.79. The van der Waals surface area contributed by atoms with Crippen LogP contribution in [0.2, 0.25) is 0 Å². The Balaban J connectivity index is 1.78. The lowest BCUT2D eigenvalue weighted by Crippen LogP contribution is -2.51. The Kier molecular flexibility index (Phi) is 10.4. The van der Waals surface area contributed by atoms with Gasteiger partial charge in [0.15, 0.2) is 0 Å². The van der Waals surface area contributed by atoms with Crippen LogP contribution in [-0.2, 0) is 22.6 Å². The largest absolute Gasteiger partial charge is 0.494 e. The molecule has 0 bridgehead atoms. The van der Waals surface area contributed by atoms with E-state index in [1.165, 1.54) is 0 Å². The van der Waals surface area contributed by atoms with E-state index in [2.05, 4.69) is 21.2 Å². The molecule has 2 amide bonds. The maximum atomic E-state index is 13.5. The minimum absolute atomic E-state index is 0.0234. The molecule has 5 nitrogen and oxygen atoms in total. The van der Waals surface area contributed by atoms with E-state index in [-0.39, 0.29) is 17.9 Å².